The Bertz CT molecular complexity index is 467. The summed E-state index contributed by atoms with van der Waals surface area (Å²) in [6, 6.07) is 6.49. The Balaban J connectivity index is 1.82. The van der Waals surface area contributed by atoms with Crippen LogP contribution in [-0.4, -0.2) is 36.2 Å². The molecule has 2 rings (SSSR count). The van der Waals surface area contributed by atoms with Gasteiger partial charge < -0.3 is 5.32 Å². The molecule has 1 heterocycles. The minimum Gasteiger partial charge on any atom is -0.325 e. The highest BCUT2D eigenvalue weighted by atomic mass is 32.2. The third kappa shape index (κ3) is 5.63. The van der Waals surface area contributed by atoms with Gasteiger partial charge in [0.05, 0.1) is 6.54 Å². The Morgan fingerprint density at radius 2 is 2.14 bits per heavy atom. The summed E-state index contributed by atoms with van der Waals surface area (Å²) in [4.78, 5) is 14.6. The van der Waals surface area contributed by atoms with Crippen LogP contribution >= 0.6 is 11.8 Å². The molecule has 3 nitrogen and oxygen atoms in total. The molecule has 1 unspecified atom stereocenters. The largest absolute Gasteiger partial charge is 0.325 e. The lowest BCUT2D eigenvalue weighted by Gasteiger charge is -2.30. The fourth-order valence-corrected chi connectivity index (χ4v) is 3.05. The zero-order chi connectivity index (χ0) is 15.2. The van der Waals surface area contributed by atoms with Crippen LogP contribution in [0.15, 0.2) is 29.2 Å². The Labute approximate surface area is 128 Å². The van der Waals surface area contributed by atoms with Crippen LogP contribution in [0.25, 0.3) is 0 Å². The van der Waals surface area contributed by atoms with Gasteiger partial charge in [0.25, 0.3) is 5.76 Å². The van der Waals surface area contributed by atoms with E-state index in [1.54, 1.807) is 24.3 Å². The lowest BCUT2D eigenvalue weighted by molar-refractivity contribution is -0.117. The summed E-state index contributed by atoms with van der Waals surface area (Å²) in [7, 11) is 0. The zero-order valence-corrected chi connectivity index (χ0v) is 12.8. The number of halogens is 2. The Kier molecular flexibility index (Phi) is 5.99. The van der Waals surface area contributed by atoms with Crippen molar-refractivity contribution in [1.82, 2.24) is 4.90 Å². The fourth-order valence-electron chi connectivity index (χ4n) is 2.55. The van der Waals surface area contributed by atoms with Gasteiger partial charge in [-0.3, -0.25) is 9.69 Å². The second-order valence-corrected chi connectivity index (χ2v) is 6.50. The van der Waals surface area contributed by atoms with Crippen LogP contribution in [0.5, 0.6) is 0 Å². The summed E-state index contributed by atoms with van der Waals surface area (Å²) in [6.07, 6.45) is 2.36. The Morgan fingerprint density at radius 1 is 1.43 bits per heavy atom. The lowest BCUT2D eigenvalue weighted by atomic mass is 10.0. The summed E-state index contributed by atoms with van der Waals surface area (Å²) in [5, 5.41) is 2.81. The van der Waals surface area contributed by atoms with Gasteiger partial charge in [0.15, 0.2) is 0 Å². The molecule has 1 aliphatic rings. The van der Waals surface area contributed by atoms with Crippen molar-refractivity contribution in [3.05, 3.63) is 24.3 Å². The monoisotopic (exact) mass is 314 g/mol. The topological polar surface area (TPSA) is 32.3 Å². The number of nitrogens with zero attached hydrogens (tertiary/aromatic N) is 1. The van der Waals surface area contributed by atoms with Gasteiger partial charge in [0.1, 0.15) is 0 Å². The quantitative estimate of drug-likeness (QED) is 0.842. The molecule has 0 bridgehead atoms. The second kappa shape index (κ2) is 7.75. The molecule has 1 saturated heterocycles. The molecule has 1 aromatic carbocycles. The highest BCUT2D eigenvalue weighted by Gasteiger charge is 2.18. The summed E-state index contributed by atoms with van der Waals surface area (Å²) in [6.45, 7) is 4.50. The minimum atomic E-state index is -2.42. The van der Waals surface area contributed by atoms with Gasteiger partial charge in [-0.25, -0.2) is 0 Å². The van der Waals surface area contributed by atoms with E-state index in [1.807, 2.05) is 0 Å². The third-order valence-corrected chi connectivity index (χ3v) is 4.19. The van der Waals surface area contributed by atoms with Crippen molar-refractivity contribution in [3.63, 3.8) is 0 Å². The molecule has 0 spiro atoms. The van der Waals surface area contributed by atoms with Crippen LogP contribution in [0.4, 0.5) is 14.5 Å². The molecule has 0 radical (unpaired) electrons. The van der Waals surface area contributed by atoms with Gasteiger partial charge in [-0.2, -0.15) is 8.78 Å². The van der Waals surface area contributed by atoms with Crippen LogP contribution in [0, 0.1) is 5.92 Å². The van der Waals surface area contributed by atoms with Crippen LogP contribution in [0.2, 0.25) is 0 Å². The van der Waals surface area contributed by atoms with E-state index in [4.69, 9.17) is 0 Å². The van der Waals surface area contributed by atoms with Gasteiger partial charge in [-0.15, -0.1) is 0 Å². The van der Waals surface area contributed by atoms with Gasteiger partial charge in [0, 0.05) is 17.1 Å². The predicted molar refractivity (Wildman–Crippen MR) is 81.8 cm³/mol. The molecule has 6 heteroatoms. The van der Waals surface area contributed by atoms with Crippen LogP contribution in [0.1, 0.15) is 19.8 Å². The SMILES string of the molecule is CC1CCCN(CC(=O)Nc2ccc(SC(F)F)cc2)C1. The van der Waals surface area contributed by atoms with Crippen molar-refractivity contribution in [3.8, 4) is 0 Å². The number of benzene rings is 1. The predicted octanol–water partition coefficient (Wildman–Crippen LogP) is 3.67. The zero-order valence-electron chi connectivity index (χ0n) is 12.0. The Morgan fingerprint density at radius 3 is 2.76 bits per heavy atom. The number of hydrogen-bond donors (Lipinski definition) is 1. The number of likely N-dealkylation sites (tertiary alicyclic amines) is 1. The van der Waals surface area contributed by atoms with Gasteiger partial charge in [0.2, 0.25) is 5.91 Å². The molecule has 1 fully saturated rings. The molecule has 1 aliphatic heterocycles. The Hall–Kier alpha value is -1.14. The average molecular weight is 314 g/mol. The van der Waals surface area contributed by atoms with E-state index in [1.165, 1.54) is 6.42 Å². The first-order chi connectivity index (χ1) is 10.0. The molecule has 1 atom stereocenters. The normalized spacial score (nSPS) is 19.7. The maximum Gasteiger partial charge on any atom is 0.288 e. The maximum absolute atomic E-state index is 12.2. The number of carbonyl (C=O) groups excluding carboxylic acids is 1. The van der Waals surface area contributed by atoms with E-state index in [-0.39, 0.29) is 5.91 Å². The standard InChI is InChI=1S/C15H20F2N2OS/c1-11-3-2-8-19(9-11)10-14(20)18-12-4-6-13(7-5-12)21-15(16)17/h4-7,11,15H,2-3,8-10H2,1H3,(H,18,20). The molecule has 0 aromatic heterocycles. The number of anilines is 1. The van der Waals surface area contributed by atoms with Crippen LogP contribution < -0.4 is 5.32 Å². The molecule has 1 amide bonds. The molecule has 0 aliphatic carbocycles. The van der Waals surface area contributed by atoms with Gasteiger partial charge in [-0.05, 0) is 49.6 Å². The van der Waals surface area contributed by atoms with Crippen LogP contribution in [0.3, 0.4) is 0 Å². The fraction of sp³-hybridized carbons (Fsp3) is 0.533. The van der Waals surface area contributed by atoms with Crippen molar-refractivity contribution in [1.29, 1.82) is 0 Å². The van der Waals surface area contributed by atoms with Gasteiger partial charge in [-0.1, -0.05) is 18.7 Å². The highest BCUT2D eigenvalue weighted by Crippen LogP contribution is 2.26. The minimum absolute atomic E-state index is 0.0571. The average Bonchev–Trinajstić information content (AvgIpc) is 2.40. The summed E-state index contributed by atoms with van der Waals surface area (Å²) in [5.74, 6) is -1.85. The highest BCUT2D eigenvalue weighted by molar-refractivity contribution is 7.99. The van der Waals surface area contributed by atoms with Crippen molar-refractivity contribution in [2.75, 3.05) is 25.0 Å². The first kappa shape index (κ1) is 16.2. The molecule has 0 saturated carbocycles. The summed E-state index contributed by atoms with van der Waals surface area (Å²) >= 11 is 0.500. The third-order valence-electron chi connectivity index (χ3n) is 3.47. The molecule has 21 heavy (non-hydrogen) atoms. The molecular formula is C15H20F2N2OS. The second-order valence-electron chi connectivity index (χ2n) is 5.43. The molecule has 116 valence electrons. The number of rotatable bonds is 5. The lowest BCUT2D eigenvalue weighted by Crippen LogP contribution is -2.39. The van der Waals surface area contributed by atoms with E-state index in [0.29, 0.717) is 34.8 Å². The number of thioether (sulfide) groups is 1. The molecule has 1 N–H and O–H groups in total. The first-order valence-electron chi connectivity index (χ1n) is 7.10. The smallest absolute Gasteiger partial charge is 0.288 e. The number of carbonyl (C=O) groups is 1. The van der Waals surface area contributed by atoms with Crippen molar-refractivity contribution in [2.45, 2.75) is 30.4 Å². The van der Waals surface area contributed by atoms with Crippen molar-refractivity contribution < 1.29 is 13.6 Å². The number of hydrogen-bond acceptors (Lipinski definition) is 3. The van der Waals surface area contributed by atoms with Crippen molar-refractivity contribution in [2.24, 2.45) is 5.92 Å². The van der Waals surface area contributed by atoms with E-state index in [9.17, 15) is 13.6 Å². The number of piperidine rings is 1. The summed E-state index contributed by atoms with van der Waals surface area (Å²) < 4.78 is 24.4. The van der Waals surface area contributed by atoms with E-state index in [2.05, 4.69) is 17.1 Å². The first-order valence-corrected chi connectivity index (χ1v) is 7.98. The molecule has 1 aromatic rings. The maximum atomic E-state index is 12.2. The van der Waals surface area contributed by atoms with E-state index < -0.39 is 5.76 Å². The van der Waals surface area contributed by atoms with Gasteiger partial charge >= 0.3 is 0 Å². The van der Waals surface area contributed by atoms with Crippen molar-refractivity contribution >= 4 is 23.4 Å². The summed E-state index contributed by atoms with van der Waals surface area (Å²) in [5.41, 5.74) is 0.642. The van der Waals surface area contributed by atoms with Crippen LogP contribution in [-0.2, 0) is 4.79 Å². The number of nitrogens with one attached hydrogen (secondary N) is 1. The molecular weight excluding hydrogens is 294 g/mol. The van der Waals surface area contributed by atoms with E-state index in [0.717, 1.165) is 19.5 Å². The van der Waals surface area contributed by atoms with E-state index >= 15 is 0 Å². The number of amides is 1. The number of alkyl halides is 2.